The molecule has 4 heteroatoms. The molecule has 2 rings (SSSR count). The van der Waals surface area contributed by atoms with E-state index in [1.165, 1.54) is 11.3 Å². The van der Waals surface area contributed by atoms with Gasteiger partial charge >= 0.3 is 0 Å². The Morgan fingerprint density at radius 2 is 2.17 bits per heavy atom. The van der Waals surface area contributed by atoms with Crippen LogP contribution in [-0.2, 0) is 6.54 Å². The van der Waals surface area contributed by atoms with Gasteiger partial charge in [0.15, 0.2) is 0 Å². The van der Waals surface area contributed by atoms with E-state index in [9.17, 15) is 0 Å². The predicted molar refractivity (Wildman–Crippen MR) is 78.5 cm³/mol. The topological polar surface area (TPSA) is 18.5 Å². The molecule has 0 bridgehead atoms. The van der Waals surface area contributed by atoms with Gasteiger partial charge in [0, 0.05) is 48.5 Å². The Kier molecular flexibility index (Phi) is 4.49. The van der Waals surface area contributed by atoms with Crippen LogP contribution >= 0.6 is 11.6 Å². The second kappa shape index (κ2) is 5.91. The third-order valence-corrected chi connectivity index (χ3v) is 3.94. The monoisotopic (exact) mass is 267 g/mol. The quantitative estimate of drug-likeness (QED) is 0.906. The third kappa shape index (κ3) is 2.79. The lowest BCUT2D eigenvalue weighted by molar-refractivity contribution is 0.275. The summed E-state index contributed by atoms with van der Waals surface area (Å²) in [6, 6.07) is 6.72. The van der Waals surface area contributed by atoms with Crippen LogP contribution in [0.25, 0.3) is 0 Å². The molecule has 0 saturated carbocycles. The van der Waals surface area contributed by atoms with Crippen molar-refractivity contribution in [2.24, 2.45) is 0 Å². The summed E-state index contributed by atoms with van der Waals surface area (Å²) in [5.74, 6) is 0. The van der Waals surface area contributed by atoms with Crippen molar-refractivity contribution >= 4 is 17.3 Å². The summed E-state index contributed by atoms with van der Waals surface area (Å²) in [5, 5.41) is 4.06. The molecule has 1 aromatic rings. The molecule has 18 heavy (non-hydrogen) atoms. The molecule has 0 radical (unpaired) electrons. The van der Waals surface area contributed by atoms with E-state index in [0.29, 0.717) is 6.04 Å². The number of hydrogen-bond acceptors (Lipinski definition) is 3. The first kappa shape index (κ1) is 13.7. The van der Waals surface area contributed by atoms with Gasteiger partial charge in [0.1, 0.15) is 0 Å². The fourth-order valence-corrected chi connectivity index (χ4v) is 2.90. The van der Waals surface area contributed by atoms with Crippen molar-refractivity contribution < 1.29 is 0 Å². The number of nitrogens with one attached hydrogen (secondary N) is 1. The molecule has 1 atom stereocenters. The van der Waals surface area contributed by atoms with Crippen LogP contribution in [0, 0.1) is 0 Å². The molecule has 1 fully saturated rings. The predicted octanol–water partition coefficient (Wildman–Crippen LogP) is 2.20. The summed E-state index contributed by atoms with van der Waals surface area (Å²) in [5.41, 5.74) is 2.48. The standard InChI is InChI=1S/C14H22ClN3/c1-11-10-17(3)7-8-18(11)14-6-4-5-13(15)12(14)9-16-2/h4-6,11,16H,7-10H2,1-3H3. The minimum Gasteiger partial charge on any atom is -0.366 e. The average Bonchev–Trinajstić information content (AvgIpc) is 2.32. The van der Waals surface area contributed by atoms with Crippen molar-refractivity contribution in [1.82, 2.24) is 10.2 Å². The Labute approximate surface area is 115 Å². The van der Waals surface area contributed by atoms with Gasteiger partial charge in [-0.3, -0.25) is 0 Å². The fraction of sp³-hybridized carbons (Fsp3) is 0.571. The van der Waals surface area contributed by atoms with Gasteiger partial charge in [0.05, 0.1) is 0 Å². The van der Waals surface area contributed by atoms with E-state index < -0.39 is 0 Å². The number of benzene rings is 1. The van der Waals surface area contributed by atoms with E-state index in [1.807, 2.05) is 19.2 Å². The largest absolute Gasteiger partial charge is 0.366 e. The molecule has 1 N–H and O–H groups in total. The minimum atomic E-state index is 0.526. The Balaban J connectivity index is 2.29. The van der Waals surface area contributed by atoms with E-state index >= 15 is 0 Å². The third-order valence-electron chi connectivity index (χ3n) is 3.59. The van der Waals surface area contributed by atoms with Crippen molar-refractivity contribution in [3.8, 4) is 0 Å². The molecular weight excluding hydrogens is 246 g/mol. The Hall–Kier alpha value is -0.770. The lowest BCUT2D eigenvalue weighted by atomic mass is 10.1. The smallest absolute Gasteiger partial charge is 0.0471 e. The zero-order chi connectivity index (χ0) is 13.1. The minimum absolute atomic E-state index is 0.526. The summed E-state index contributed by atoms with van der Waals surface area (Å²) < 4.78 is 0. The molecule has 1 saturated heterocycles. The first-order chi connectivity index (χ1) is 8.63. The molecule has 0 aliphatic carbocycles. The van der Waals surface area contributed by atoms with Crippen LogP contribution in [0.4, 0.5) is 5.69 Å². The summed E-state index contributed by atoms with van der Waals surface area (Å²) in [7, 11) is 4.14. The molecular formula is C14H22ClN3. The van der Waals surface area contributed by atoms with Gasteiger partial charge in [0.25, 0.3) is 0 Å². The maximum Gasteiger partial charge on any atom is 0.0471 e. The second-order valence-corrected chi connectivity index (χ2v) is 5.48. The van der Waals surface area contributed by atoms with E-state index in [-0.39, 0.29) is 0 Å². The number of halogens is 1. The van der Waals surface area contributed by atoms with Crippen LogP contribution < -0.4 is 10.2 Å². The highest BCUT2D eigenvalue weighted by Crippen LogP contribution is 2.29. The van der Waals surface area contributed by atoms with Crippen LogP contribution in [0.2, 0.25) is 5.02 Å². The Morgan fingerprint density at radius 1 is 1.39 bits per heavy atom. The van der Waals surface area contributed by atoms with Gasteiger partial charge in [-0.25, -0.2) is 0 Å². The molecule has 0 spiro atoms. The Morgan fingerprint density at radius 3 is 2.83 bits per heavy atom. The van der Waals surface area contributed by atoms with Gasteiger partial charge in [-0.1, -0.05) is 17.7 Å². The highest BCUT2D eigenvalue weighted by atomic mass is 35.5. The molecule has 1 aliphatic heterocycles. The van der Waals surface area contributed by atoms with E-state index in [4.69, 9.17) is 11.6 Å². The SMILES string of the molecule is CNCc1c(Cl)cccc1N1CCN(C)CC1C. The number of piperazine rings is 1. The maximum atomic E-state index is 6.33. The van der Waals surface area contributed by atoms with E-state index in [0.717, 1.165) is 31.2 Å². The van der Waals surface area contributed by atoms with Crippen molar-refractivity contribution in [2.45, 2.75) is 19.5 Å². The summed E-state index contributed by atoms with van der Waals surface area (Å²) in [6.45, 7) is 6.36. The molecule has 1 heterocycles. The zero-order valence-electron chi connectivity index (χ0n) is 11.4. The van der Waals surface area contributed by atoms with Gasteiger partial charge < -0.3 is 15.1 Å². The van der Waals surface area contributed by atoms with E-state index in [1.54, 1.807) is 0 Å². The van der Waals surface area contributed by atoms with Crippen LogP contribution in [0.5, 0.6) is 0 Å². The first-order valence-corrected chi connectivity index (χ1v) is 6.88. The van der Waals surface area contributed by atoms with Crippen molar-refractivity contribution in [3.05, 3.63) is 28.8 Å². The first-order valence-electron chi connectivity index (χ1n) is 6.50. The normalized spacial score (nSPS) is 21.3. The highest BCUT2D eigenvalue weighted by molar-refractivity contribution is 6.31. The fourth-order valence-electron chi connectivity index (χ4n) is 2.67. The molecule has 1 aromatic carbocycles. The summed E-state index contributed by atoms with van der Waals surface area (Å²) in [6.07, 6.45) is 0. The number of hydrogen-bond donors (Lipinski definition) is 1. The van der Waals surface area contributed by atoms with Gasteiger partial charge in [-0.05, 0) is 33.2 Å². The zero-order valence-corrected chi connectivity index (χ0v) is 12.2. The highest BCUT2D eigenvalue weighted by Gasteiger charge is 2.23. The molecule has 0 amide bonds. The second-order valence-electron chi connectivity index (χ2n) is 5.07. The van der Waals surface area contributed by atoms with Gasteiger partial charge in [-0.2, -0.15) is 0 Å². The average molecular weight is 268 g/mol. The number of likely N-dealkylation sites (N-methyl/N-ethyl adjacent to an activating group) is 1. The lowest BCUT2D eigenvalue weighted by Crippen LogP contribution is -2.50. The van der Waals surface area contributed by atoms with Crippen LogP contribution in [-0.4, -0.2) is 44.7 Å². The molecule has 1 aliphatic rings. The van der Waals surface area contributed by atoms with Crippen molar-refractivity contribution in [1.29, 1.82) is 0 Å². The molecule has 100 valence electrons. The summed E-state index contributed by atoms with van der Waals surface area (Å²) in [4.78, 5) is 4.85. The van der Waals surface area contributed by atoms with Crippen LogP contribution in [0.3, 0.4) is 0 Å². The van der Waals surface area contributed by atoms with Crippen molar-refractivity contribution in [3.63, 3.8) is 0 Å². The van der Waals surface area contributed by atoms with Gasteiger partial charge in [-0.15, -0.1) is 0 Å². The van der Waals surface area contributed by atoms with Crippen molar-refractivity contribution in [2.75, 3.05) is 38.6 Å². The van der Waals surface area contributed by atoms with Crippen LogP contribution in [0.1, 0.15) is 12.5 Å². The summed E-state index contributed by atoms with van der Waals surface area (Å²) >= 11 is 6.33. The molecule has 3 nitrogen and oxygen atoms in total. The number of anilines is 1. The number of rotatable bonds is 3. The molecule has 0 aromatic heterocycles. The molecule has 1 unspecified atom stereocenters. The van der Waals surface area contributed by atoms with Crippen LogP contribution in [0.15, 0.2) is 18.2 Å². The van der Waals surface area contributed by atoms with E-state index in [2.05, 4.69) is 35.2 Å². The lowest BCUT2D eigenvalue weighted by Gasteiger charge is -2.40. The maximum absolute atomic E-state index is 6.33. The Bertz CT molecular complexity index is 408. The number of nitrogens with zero attached hydrogens (tertiary/aromatic N) is 2. The van der Waals surface area contributed by atoms with Gasteiger partial charge in [0.2, 0.25) is 0 Å².